The van der Waals surface area contributed by atoms with E-state index < -0.39 is 70.6 Å². The normalized spacial score (nSPS) is 31.2. The summed E-state index contributed by atoms with van der Waals surface area (Å²) < 4.78 is 140. The van der Waals surface area contributed by atoms with Crippen LogP contribution in [0.25, 0.3) is 0 Å². The molecule has 4 aliphatic rings. The van der Waals surface area contributed by atoms with E-state index in [0.717, 1.165) is 26.2 Å². The average molecular weight is 560 g/mol. The first-order valence-electron chi connectivity index (χ1n) is 11.3. The fourth-order valence-corrected chi connectivity index (χ4v) is 6.45. The van der Waals surface area contributed by atoms with E-state index >= 15 is 0 Å². The van der Waals surface area contributed by atoms with E-state index in [4.69, 9.17) is 9.29 Å². The van der Waals surface area contributed by atoms with Gasteiger partial charge >= 0.3 is 39.2 Å². The monoisotopic (exact) mass is 560 g/mol. The lowest BCUT2D eigenvalue weighted by molar-refractivity contribution is -0.430. The Morgan fingerprint density at radius 1 is 1.00 bits per heavy atom. The molecule has 0 heterocycles. The summed E-state index contributed by atoms with van der Waals surface area (Å²) in [6.45, 7) is -1.38. The number of aliphatic hydroxyl groups is 1. The van der Waals surface area contributed by atoms with Gasteiger partial charge in [-0.25, -0.2) is 0 Å². The molecule has 0 aromatic heterocycles. The minimum absolute atomic E-state index is 0.0863. The fourth-order valence-electron chi connectivity index (χ4n) is 5.97. The average Bonchev–Trinajstić information content (AvgIpc) is 2.70. The van der Waals surface area contributed by atoms with Crippen molar-refractivity contribution in [1.82, 2.24) is 0 Å². The number of aliphatic hydroxyl groups excluding tert-OH is 1. The van der Waals surface area contributed by atoms with Crippen molar-refractivity contribution in [2.45, 2.75) is 81.3 Å². The number of hydrogen-bond acceptors (Lipinski definition) is 7. The maximum absolute atomic E-state index is 14.2. The molecule has 4 fully saturated rings. The molecule has 0 aromatic rings. The molecule has 16 heteroatoms. The third-order valence-electron chi connectivity index (χ3n) is 7.24. The molecule has 0 aromatic carbocycles. The van der Waals surface area contributed by atoms with Gasteiger partial charge in [-0.05, 0) is 63.2 Å². The zero-order valence-corrected chi connectivity index (χ0v) is 19.9. The van der Waals surface area contributed by atoms with Crippen LogP contribution in [0.4, 0.5) is 30.7 Å². The molecular formula is C20H27F7O8S. The van der Waals surface area contributed by atoms with Crippen LogP contribution in [0.1, 0.15) is 51.9 Å². The maximum atomic E-state index is 14.2. The summed E-state index contributed by atoms with van der Waals surface area (Å²) in [7, 11) is -6.64. The van der Waals surface area contributed by atoms with Crippen molar-refractivity contribution in [2.75, 3.05) is 13.2 Å². The Bertz CT molecular complexity index is 904. The Labute approximate surface area is 202 Å². The van der Waals surface area contributed by atoms with Gasteiger partial charge in [-0.1, -0.05) is 0 Å². The summed E-state index contributed by atoms with van der Waals surface area (Å²) in [5.41, 5.74) is -1.32. The van der Waals surface area contributed by atoms with Gasteiger partial charge in [0.25, 0.3) is 0 Å². The Hall–Kier alpha value is -1.23. The molecule has 4 saturated carbocycles. The van der Waals surface area contributed by atoms with Crippen LogP contribution in [0.5, 0.6) is 0 Å². The summed E-state index contributed by atoms with van der Waals surface area (Å²) in [5.74, 6) is -11.1. The zero-order chi connectivity index (χ0) is 27.4. The van der Waals surface area contributed by atoms with Crippen molar-refractivity contribution in [3.05, 3.63) is 0 Å². The van der Waals surface area contributed by atoms with Crippen molar-refractivity contribution in [1.29, 1.82) is 0 Å². The zero-order valence-electron chi connectivity index (χ0n) is 19.1. The molecule has 4 aliphatic carbocycles. The number of carbonyl (C=O) groups is 1. The Kier molecular flexibility index (Phi) is 7.74. The van der Waals surface area contributed by atoms with Crippen molar-refractivity contribution >= 4 is 16.1 Å². The molecule has 2 unspecified atom stereocenters. The van der Waals surface area contributed by atoms with E-state index in [1.54, 1.807) is 0 Å². The van der Waals surface area contributed by atoms with Crippen LogP contribution in [-0.2, 0) is 29.1 Å². The molecule has 36 heavy (non-hydrogen) atoms. The summed E-state index contributed by atoms with van der Waals surface area (Å²) in [6, 6.07) is 0. The SMILES string of the molecule is CCOC(O)C(OCCC(F)(F)C(F)(F)S(=O)(=O)O)(OC(=O)C12CC3CC(CC(C3)C1)C2)C(F)(F)F. The number of alkyl halides is 7. The van der Waals surface area contributed by atoms with Gasteiger partial charge in [0.05, 0.1) is 12.0 Å². The Balaban J connectivity index is 1.87. The molecule has 4 rings (SSSR count). The second kappa shape index (κ2) is 9.50. The number of esters is 1. The van der Waals surface area contributed by atoms with E-state index in [2.05, 4.69) is 9.47 Å². The standard InChI is InChI=1S/C20H27F7O8S/c1-2-33-15(29)18(19(23,24)25,34-4-3-17(21,22)20(26,27)36(30,31)32)35-14(28)16-8-11-5-12(9-16)7-13(6-11)10-16/h11-13,15,29H,2-10H2,1H3,(H,30,31,32). The molecule has 2 atom stereocenters. The second-order valence-corrected chi connectivity index (χ2v) is 11.3. The van der Waals surface area contributed by atoms with Gasteiger partial charge < -0.3 is 19.3 Å². The first-order chi connectivity index (χ1) is 16.3. The molecule has 0 aliphatic heterocycles. The highest BCUT2D eigenvalue weighted by Crippen LogP contribution is 2.61. The van der Waals surface area contributed by atoms with Gasteiger partial charge in [-0.2, -0.15) is 39.2 Å². The van der Waals surface area contributed by atoms with Gasteiger partial charge in [0.1, 0.15) is 0 Å². The van der Waals surface area contributed by atoms with Crippen LogP contribution in [-0.4, -0.2) is 66.7 Å². The first kappa shape index (κ1) is 29.3. The summed E-state index contributed by atoms with van der Waals surface area (Å²) >= 11 is 0. The van der Waals surface area contributed by atoms with Crippen molar-refractivity contribution in [3.8, 4) is 0 Å². The van der Waals surface area contributed by atoms with Crippen molar-refractivity contribution in [3.63, 3.8) is 0 Å². The number of halogens is 7. The lowest BCUT2D eigenvalue weighted by Crippen LogP contribution is -2.63. The van der Waals surface area contributed by atoms with Crippen LogP contribution in [0.15, 0.2) is 0 Å². The lowest BCUT2D eigenvalue weighted by Gasteiger charge is -2.55. The Morgan fingerprint density at radius 2 is 1.47 bits per heavy atom. The third-order valence-corrected chi connectivity index (χ3v) is 8.19. The van der Waals surface area contributed by atoms with Gasteiger partial charge in [0.15, 0.2) is 0 Å². The molecule has 0 radical (unpaired) electrons. The molecule has 0 spiro atoms. The molecule has 0 saturated heterocycles. The smallest absolute Gasteiger partial charge is 0.418 e. The van der Waals surface area contributed by atoms with Crippen LogP contribution in [0, 0.1) is 23.2 Å². The van der Waals surface area contributed by atoms with E-state index in [1.165, 1.54) is 0 Å². The van der Waals surface area contributed by atoms with E-state index in [0.29, 0.717) is 0 Å². The minimum atomic E-state index is -6.64. The minimum Gasteiger partial charge on any atom is -0.418 e. The topological polar surface area (TPSA) is 119 Å². The molecule has 2 N–H and O–H groups in total. The van der Waals surface area contributed by atoms with Gasteiger partial charge in [0, 0.05) is 13.0 Å². The highest BCUT2D eigenvalue weighted by molar-refractivity contribution is 7.87. The van der Waals surface area contributed by atoms with Crippen LogP contribution in [0.3, 0.4) is 0 Å². The third kappa shape index (κ3) is 5.07. The molecule has 4 bridgehead atoms. The number of rotatable bonds is 11. The van der Waals surface area contributed by atoms with Crippen LogP contribution in [0.2, 0.25) is 0 Å². The Morgan fingerprint density at radius 3 is 1.86 bits per heavy atom. The van der Waals surface area contributed by atoms with Gasteiger partial charge in [-0.15, -0.1) is 0 Å². The van der Waals surface area contributed by atoms with Gasteiger partial charge in [0.2, 0.25) is 6.29 Å². The highest BCUT2D eigenvalue weighted by Gasteiger charge is 2.69. The van der Waals surface area contributed by atoms with E-state index in [-0.39, 0.29) is 37.0 Å². The predicted octanol–water partition coefficient (Wildman–Crippen LogP) is 3.88. The lowest BCUT2D eigenvalue weighted by atomic mass is 9.49. The predicted molar refractivity (Wildman–Crippen MR) is 105 cm³/mol. The van der Waals surface area contributed by atoms with Crippen molar-refractivity contribution < 1.29 is 67.8 Å². The first-order valence-corrected chi connectivity index (χ1v) is 12.7. The summed E-state index contributed by atoms with van der Waals surface area (Å²) in [5, 5.41) is 4.07. The fraction of sp³-hybridized carbons (Fsp3) is 0.950. The number of hydrogen-bond donors (Lipinski definition) is 2. The van der Waals surface area contributed by atoms with Gasteiger partial charge in [-0.3, -0.25) is 9.35 Å². The second-order valence-electron chi connectivity index (χ2n) is 9.86. The molecule has 8 nitrogen and oxygen atoms in total. The van der Waals surface area contributed by atoms with Crippen LogP contribution >= 0.6 is 0 Å². The quantitative estimate of drug-likeness (QED) is 0.169. The number of ether oxygens (including phenoxy) is 3. The van der Waals surface area contributed by atoms with E-state index in [9.17, 15) is 49.1 Å². The molecule has 210 valence electrons. The summed E-state index contributed by atoms with van der Waals surface area (Å²) in [6.07, 6.45) is -8.11. The highest BCUT2D eigenvalue weighted by atomic mass is 32.2. The van der Waals surface area contributed by atoms with Crippen molar-refractivity contribution in [2.24, 2.45) is 23.2 Å². The summed E-state index contributed by atoms with van der Waals surface area (Å²) in [4.78, 5) is 13.2. The maximum Gasteiger partial charge on any atom is 0.461 e. The van der Waals surface area contributed by atoms with E-state index in [1.807, 2.05) is 0 Å². The molecular weight excluding hydrogens is 533 g/mol. The number of carbonyl (C=O) groups excluding carboxylic acids is 1. The van der Waals surface area contributed by atoms with Crippen LogP contribution < -0.4 is 0 Å². The molecule has 0 amide bonds. The largest absolute Gasteiger partial charge is 0.461 e.